The van der Waals surface area contributed by atoms with E-state index in [1.807, 2.05) is 27.7 Å². The normalized spacial score (nSPS) is 13.2. The predicted octanol–water partition coefficient (Wildman–Crippen LogP) is 3.75. The van der Waals surface area contributed by atoms with Crippen LogP contribution in [0.5, 0.6) is 0 Å². The lowest BCUT2D eigenvalue weighted by atomic mass is 9.90. The second kappa shape index (κ2) is 9.05. The lowest BCUT2D eigenvalue weighted by Crippen LogP contribution is -2.45. The number of carbonyl (C=O) groups excluding carboxylic acids is 2. The molecule has 1 atom stereocenters. The number of amides is 1. The first-order chi connectivity index (χ1) is 11.9. The molecule has 1 N–H and O–H groups in total. The fourth-order valence-corrected chi connectivity index (χ4v) is 2.28. The van der Waals surface area contributed by atoms with Crippen LogP contribution in [-0.2, 0) is 26.1 Å². The Balaban J connectivity index is 2.92. The van der Waals surface area contributed by atoms with Crippen molar-refractivity contribution in [3.63, 3.8) is 0 Å². The number of nitrogens with one attached hydrogen (secondary N) is 1. The van der Waals surface area contributed by atoms with E-state index in [1.54, 1.807) is 20.8 Å². The number of oxazole rings is 1. The van der Waals surface area contributed by atoms with Crippen molar-refractivity contribution in [1.82, 2.24) is 10.3 Å². The van der Waals surface area contributed by atoms with Crippen LogP contribution in [0, 0.1) is 0 Å². The highest BCUT2D eigenvalue weighted by atomic mass is 16.6. The topological polar surface area (TPSA) is 90.7 Å². The molecular formula is C19H32N2O5. The Morgan fingerprint density at radius 3 is 2.42 bits per heavy atom. The molecule has 1 rings (SSSR count). The molecular weight excluding hydrogens is 336 g/mol. The Morgan fingerprint density at radius 2 is 1.88 bits per heavy atom. The molecule has 0 aliphatic rings. The van der Waals surface area contributed by atoms with E-state index in [0.717, 1.165) is 12.8 Å². The van der Waals surface area contributed by atoms with Crippen LogP contribution >= 0.6 is 0 Å². The van der Waals surface area contributed by atoms with Gasteiger partial charge in [-0.2, -0.15) is 0 Å². The van der Waals surface area contributed by atoms with Crippen molar-refractivity contribution in [1.29, 1.82) is 0 Å². The van der Waals surface area contributed by atoms with Crippen molar-refractivity contribution in [3.8, 4) is 0 Å². The number of unbranched alkanes of at least 4 members (excludes halogenated alkanes) is 1. The van der Waals surface area contributed by atoms with Crippen LogP contribution in [0.15, 0.2) is 10.8 Å². The van der Waals surface area contributed by atoms with Crippen molar-refractivity contribution < 1.29 is 23.5 Å². The van der Waals surface area contributed by atoms with Gasteiger partial charge in [0.15, 0.2) is 6.39 Å². The highest BCUT2D eigenvalue weighted by Gasteiger charge is 2.30. The number of aromatic nitrogens is 1. The number of nitrogens with zero attached hydrogens (tertiary/aromatic N) is 1. The quantitative estimate of drug-likeness (QED) is 0.582. The summed E-state index contributed by atoms with van der Waals surface area (Å²) in [7, 11) is 0. The molecule has 0 aliphatic carbocycles. The van der Waals surface area contributed by atoms with E-state index in [9.17, 15) is 9.59 Å². The van der Waals surface area contributed by atoms with Crippen LogP contribution in [0.1, 0.15) is 72.8 Å². The van der Waals surface area contributed by atoms with E-state index in [0.29, 0.717) is 18.1 Å². The first kappa shape index (κ1) is 22.0. The maximum Gasteiger partial charge on any atom is 0.408 e. The van der Waals surface area contributed by atoms with Gasteiger partial charge < -0.3 is 19.2 Å². The summed E-state index contributed by atoms with van der Waals surface area (Å²) in [5.74, 6) is 0.169. The van der Waals surface area contributed by atoms with Crippen LogP contribution in [0.4, 0.5) is 4.79 Å². The van der Waals surface area contributed by atoms with E-state index in [-0.39, 0.29) is 11.8 Å². The number of hydrogen-bond donors (Lipinski definition) is 1. The van der Waals surface area contributed by atoms with Gasteiger partial charge in [-0.3, -0.25) is 0 Å². The molecule has 0 spiro atoms. The van der Waals surface area contributed by atoms with Crippen LogP contribution in [0.25, 0.3) is 0 Å². The van der Waals surface area contributed by atoms with Crippen molar-refractivity contribution in [2.75, 3.05) is 6.61 Å². The zero-order chi connectivity index (χ0) is 20.0. The minimum absolute atomic E-state index is 0.174. The fraction of sp³-hybridized carbons (Fsp3) is 0.737. The van der Waals surface area contributed by atoms with Gasteiger partial charge in [-0.25, -0.2) is 14.6 Å². The third-order valence-electron chi connectivity index (χ3n) is 3.44. The van der Waals surface area contributed by atoms with Crippen LogP contribution < -0.4 is 5.32 Å². The van der Waals surface area contributed by atoms with Gasteiger partial charge in [0.1, 0.15) is 17.4 Å². The Kier molecular flexibility index (Phi) is 7.66. The number of hydrogen-bond acceptors (Lipinski definition) is 6. The summed E-state index contributed by atoms with van der Waals surface area (Å²) in [5.41, 5.74) is -0.314. The number of carbonyl (C=O) groups is 2. The smallest absolute Gasteiger partial charge is 0.408 e. The van der Waals surface area contributed by atoms with Gasteiger partial charge in [0.05, 0.1) is 12.3 Å². The molecule has 7 nitrogen and oxygen atoms in total. The standard InChI is InChI=1S/C19H32N2O5/c1-8-9-10-24-16(22)14(21-17(23)26-19(5,6)7)11-13-15(18(2,3)4)25-12-20-13/h12,14H,8-11H2,1-7H3,(H,21,23). The van der Waals surface area contributed by atoms with Gasteiger partial charge in [-0.1, -0.05) is 34.1 Å². The molecule has 0 aliphatic heterocycles. The largest absolute Gasteiger partial charge is 0.464 e. The Labute approximate surface area is 155 Å². The molecule has 1 unspecified atom stereocenters. The van der Waals surface area contributed by atoms with Crippen molar-refractivity contribution in [2.45, 2.75) is 84.8 Å². The average molecular weight is 368 g/mol. The summed E-state index contributed by atoms with van der Waals surface area (Å²) >= 11 is 0. The summed E-state index contributed by atoms with van der Waals surface area (Å²) in [6.45, 7) is 13.6. The van der Waals surface area contributed by atoms with E-state index >= 15 is 0 Å². The van der Waals surface area contributed by atoms with Gasteiger partial charge >= 0.3 is 12.1 Å². The molecule has 1 aromatic rings. The summed E-state index contributed by atoms with van der Waals surface area (Å²) in [5, 5.41) is 2.60. The van der Waals surface area contributed by atoms with Crippen LogP contribution in [0.2, 0.25) is 0 Å². The van der Waals surface area contributed by atoms with E-state index in [2.05, 4.69) is 10.3 Å². The van der Waals surface area contributed by atoms with E-state index < -0.39 is 23.7 Å². The van der Waals surface area contributed by atoms with Gasteiger partial charge in [0.2, 0.25) is 0 Å². The molecule has 148 valence electrons. The number of rotatable bonds is 7. The minimum atomic E-state index is -0.895. The average Bonchev–Trinajstić information content (AvgIpc) is 2.93. The summed E-state index contributed by atoms with van der Waals surface area (Å²) in [4.78, 5) is 28.8. The predicted molar refractivity (Wildman–Crippen MR) is 97.9 cm³/mol. The van der Waals surface area contributed by atoms with Gasteiger partial charge in [-0.15, -0.1) is 0 Å². The molecule has 26 heavy (non-hydrogen) atoms. The Hall–Kier alpha value is -2.05. The SMILES string of the molecule is CCCCOC(=O)C(Cc1ncoc1C(C)(C)C)NC(=O)OC(C)(C)C. The van der Waals surface area contributed by atoms with Crippen molar-refractivity contribution >= 4 is 12.1 Å². The summed E-state index contributed by atoms with van der Waals surface area (Å²) in [6.07, 6.45) is 2.53. The highest BCUT2D eigenvalue weighted by molar-refractivity contribution is 5.81. The fourth-order valence-electron chi connectivity index (χ4n) is 2.28. The maximum atomic E-state index is 12.5. The molecule has 0 saturated carbocycles. The molecule has 0 radical (unpaired) electrons. The van der Waals surface area contributed by atoms with Gasteiger partial charge in [-0.05, 0) is 27.2 Å². The zero-order valence-corrected chi connectivity index (χ0v) is 17.0. The van der Waals surface area contributed by atoms with E-state index in [4.69, 9.17) is 13.9 Å². The highest BCUT2D eigenvalue weighted by Crippen LogP contribution is 2.26. The van der Waals surface area contributed by atoms with E-state index in [1.165, 1.54) is 6.39 Å². The summed E-state index contributed by atoms with van der Waals surface area (Å²) in [6, 6.07) is -0.895. The molecule has 1 heterocycles. The second-order valence-electron chi connectivity index (χ2n) is 8.30. The minimum Gasteiger partial charge on any atom is -0.464 e. The first-order valence-electron chi connectivity index (χ1n) is 9.03. The number of ether oxygens (including phenoxy) is 2. The second-order valence-corrected chi connectivity index (χ2v) is 8.30. The molecule has 1 amide bonds. The zero-order valence-electron chi connectivity index (χ0n) is 17.0. The van der Waals surface area contributed by atoms with Gasteiger partial charge in [0, 0.05) is 11.8 Å². The summed E-state index contributed by atoms with van der Waals surface area (Å²) < 4.78 is 16.0. The van der Waals surface area contributed by atoms with Gasteiger partial charge in [0.25, 0.3) is 0 Å². The lowest BCUT2D eigenvalue weighted by molar-refractivity contribution is -0.146. The lowest BCUT2D eigenvalue weighted by Gasteiger charge is -2.23. The van der Waals surface area contributed by atoms with Crippen molar-refractivity contribution in [2.24, 2.45) is 0 Å². The Bertz CT molecular complexity index is 596. The third kappa shape index (κ3) is 7.45. The molecule has 1 aromatic heterocycles. The first-order valence-corrected chi connectivity index (χ1v) is 9.03. The maximum absolute atomic E-state index is 12.5. The van der Waals surface area contributed by atoms with Crippen LogP contribution in [0.3, 0.4) is 0 Å². The monoisotopic (exact) mass is 368 g/mol. The third-order valence-corrected chi connectivity index (χ3v) is 3.44. The molecule has 0 bridgehead atoms. The molecule has 0 saturated heterocycles. The van der Waals surface area contributed by atoms with Crippen LogP contribution in [-0.4, -0.2) is 35.3 Å². The number of alkyl carbamates (subject to hydrolysis) is 1. The Morgan fingerprint density at radius 1 is 1.23 bits per heavy atom. The van der Waals surface area contributed by atoms with Crippen molar-refractivity contribution in [3.05, 3.63) is 17.8 Å². The molecule has 0 aromatic carbocycles. The molecule has 0 fully saturated rings. The number of esters is 1. The molecule has 7 heteroatoms.